The smallest absolute Gasteiger partial charge is 0.309 e. The molecule has 5 heteroatoms. The lowest BCUT2D eigenvalue weighted by Crippen LogP contribution is -2.44. The van der Waals surface area contributed by atoms with Crippen LogP contribution in [0.25, 0.3) is 0 Å². The van der Waals surface area contributed by atoms with E-state index in [0.29, 0.717) is 18.7 Å². The molecule has 0 amide bonds. The maximum absolute atomic E-state index is 12.4. The molecule has 3 fully saturated rings. The first-order chi connectivity index (χ1) is 12.7. The van der Waals surface area contributed by atoms with Gasteiger partial charge in [-0.15, -0.1) is 0 Å². The van der Waals surface area contributed by atoms with E-state index in [0.717, 1.165) is 57.2 Å². The van der Waals surface area contributed by atoms with Crippen LogP contribution in [-0.2, 0) is 16.1 Å². The fourth-order valence-electron chi connectivity index (χ4n) is 4.69. The molecule has 0 spiro atoms. The lowest BCUT2D eigenvalue weighted by Gasteiger charge is -2.31. The van der Waals surface area contributed by atoms with Crippen LogP contribution in [-0.4, -0.2) is 46.3 Å². The van der Waals surface area contributed by atoms with Crippen molar-refractivity contribution >= 4 is 11.7 Å². The first-order valence-electron chi connectivity index (χ1n) is 9.73. The number of esters is 1. The highest BCUT2D eigenvalue weighted by Crippen LogP contribution is 2.34. The normalized spacial score (nSPS) is 28.0. The van der Waals surface area contributed by atoms with E-state index in [2.05, 4.69) is 10.8 Å². The van der Waals surface area contributed by atoms with Gasteiger partial charge in [0.05, 0.1) is 5.92 Å². The van der Waals surface area contributed by atoms with Gasteiger partial charge in [-0.25, -0.2) is 4.58 Å². The van der Waals surface area contributed by atoms with Gasteiger partial charge in [0.25, 0.3) is 0 Å². The number of rotatable bonds is 3. The van der Waals surface area contributed by atoms with Crippen LogP contribution in [0.5, 0.6) is 0 Å². The molecule has 0 aliphatic carbocycles. The van der Waals surface area contributed by atoms with Crippen molar-refractivity contribution < 1.29 is 14.1 Å². The minimum Gasteiger partial charge on any atom is -0.461 e. The molecule has 1 aromatic carbocycles. The van der Waals surface area contributed by atoms with Gasteiger partial charge in [-0.2, -0.15) is 5.26 Å². The Bertz CT molecular complexity index is 711. The second-order valence-corrected chi connectivity index (χ2v) is 7.72. The fraction of sp³-hybridized carbons (Fsp3) is 0.571. The zero-order valence-electron chi connectivity index (χ0n) is 15.1. The van der Waals surface area contributed by atoms with Gasteiger partial charge in [-0.05, 0) is 18.4 Å². The number of hydrogen-bond acceptors (Lipinski definition) is 4. The van der Waals surface area contributed by atoms with Crippen LogP contribution in [0.4, 0.5) is 0 Å². The molecule has 2 bridgehead atoms. The van der Waals surface area contributed by atoms with Crippen molar-refractivity contribution in [2.75, 3.05) is 13.1 Å². The van der Waals surface area contributed by atoms with E-state index < -0.39 is 0 Å². The molecule has 136 valence electrons. The topological polar surface area (TPSA) is 56.3 Å². The molecule has 3 aliphatic heterocycles. The molecule has 0 saturated carbocycles. The third kappa shape index (κ3) is 3.46. The van der Waals surface area contributed by atoms with Crippen LogP contribution >= 0.6 is 0 Å². The van der Waals surface area contributed by atoms with E-state index in [4.69, 9.17) is 4.74 Å². The minimum atomic E-state index is -0.0575. The highest BCUT2D eigenvalue weighted by molar-refractivity contribution is 5.82. The molecule has 2 atom stereocenters. The molecular weight excluding hydrogens is 326 g/mol. The number of nitriles is 1. The quantitative estimate of drug-likeness (QED) is 0.477. The van der Waals surface area contributed by atoms with Crippen LogP contribution in [0.2, 0.25) is 0 Å². The van der Waals surface area contributed by atoms with Crippen LogP contribution < -0.4 is 0 Å². The largest absolute Gasteiger partial charge is 0.461 e. The van der Waals surface area contributed by atoms with Gasteiger partial charge in [-0.1, -0.05) is 30.3 Å². The Morgan fingerprint density at radius 2 is 1.77 bits per heavy atom. The van der Waals surface area contributed by atoms with Crippen molar-refractivity contribution in [2.45, 2.75) is 57.2 Å². The summed E-state index contributed by atoms with van der Waals surface area (Å²) in [5.41, 5.74) is 2.54. The monoisotopic (exact) mass is 352 g/mol. The summed E-state index contributed by atoms with van der Waals surface area (Å²) in [6.45, 7) is 2.24. The van der Waals surface area contributed by atoms with E-state index >= 15 is 0 Å². The molecule has 5 nitrogen and oxygen atoms in total. The summed E-state index contributed by atoms with van der Waals surface area (Å²) in [4.78, 5) is 14.4. The van der Waals surface area contributed by atoms with E-state index in [1.807, 2.05) is 35.2 Å². The predicted molar refractivity (Wildman–Crippen MR) is 97.5 cm³/mol. The van der Waals surface area contributed by atoms with Crippen molar-refractivity contribution in [2.24, 2.45) is 5.92 Å². The number of fused-ring (bicyclic) bond motifs is 2. The third-order valence-corrected chi connectivity index (χ3v) is 6.18. The highest BCUT2D eigenvalue weighted by atomic mass is 16.5. The average molecular weight is 352 g/mol. The van der Waals surface area contributed by atoms with Crippen molar-refractivity contribution in [1.29, 1.82) is 5.26 Å². The zero-order chi connectivity index (χ0) is 17.9. The Morgan fingerprint density at radius 1 is 1.12 bits per heavy atom. The molecule has 3 aliphatic rings. The Morgan fingerprint density at radius 3 is 2.38 bits per heavy atom. The Labute approximate surface area is 154 Å². The number of nitrogens with zero attached hydrogens (tertiary/aromatic N) is 3. The molecule has 26 heavy (non-hydrogen) atoms. The molecule has 0 aromatic heterocycles. The van der Waals surface area contributed by atoms with Crippen molar-refractivity contribution in [3.8, 4) is 6.19 Å². The van der Waals surface area contributed by atoms with Crippen LogP contribution in [0.3, 0.4) is 0 Å². The van der Waals surface area contributed by atoms with Crippen molar-refractivity contribution in [3.05, 3.63) is 35.9 Å². The number of hydrogen-bond donors (Lipinski definition) is 0. The number of carbonyl (C=O) groups excluding carboxylic acids is 1. The number of ether oxygens (including phenoxy) is 1. The minimum absolute atomic E-state index is 0.0199. The second-order valence-electron chi connectivity index (χ2n) is 7.72. The molecule has 3 saturated heterocycles. The van der Waals surface area contributed by atoms with Crippen LogP contribution in [0.15, 0.2) is 30.3 Å². The summed E-state index contributed by atoms with van der Waals surface area (Å²) in [6, 6.07) is 10.7. The van der Waals surface area contributed by atoms with E-state index in [1.165, 1.54) is 5.71 Å². The van der Waals surface area contributed by atoms with Gasteiger partial charge in [0.1, 0.15) is 19.7 Å². The molecule has 4 rings (SSSR count). The number of piperidine rings is 2. The summed E-state index contributed by atoms with van der Waals surface area (Å²) in [5.74, 6) is -0.0376. The second kappa shape index (κ2) is 7.49. The Hall–Kier alpha value is -2.35. The van der Waals surface area contributed by atoms with Crippen LogP contribution in [0.1, 0.15) is 44.1 Å². The van der Waals surface area contributed by atoms with E-state index in [1.54, 1.807) is 0 Å². The lowest BCUT2D eigenvalue weighted by molar-refractivity contribution is -0.542. The maximum atomic E-state index is 12.4. The average Bonchev–Trinajstić information content (AvgIpc) is 2.94. The van der Waals surface area contributed by atoms with Gasteiger partial charge < -0.3 is 9.64 Å². The van der Waals surface area contributed by atoms with Crippen LogP contribution in [0, 0.1) is 17.4 Å². The fourth-order valence-corrected chi connectivity index (χ4v) is 4.69. The summed E-state index contributed by atoms with van der Waals surface area (Å²) in [6.07, 6.45) is 8.45. The van der Waals surface area contributed by atoms with Gasteiger partial charge >= 0.3 is 5.97 Å². The SMILES string of the molecule is N#CN1C2CC[C@H]1CC(=[N+]1CCC(C(=O)OCc3ccccc3)CC1)C2. The van der Waals surface area contributed by atoms with Gasteiger partial charge in [0.2, 0.25) is 0 Å². The summed E-state index contributed by atoms with van der Waals surface area (Å²) < 4.78 is 7.99. The molecule has 1 aromatic rings. The first-order valence-corrected chi connectivity index (χ1v) is 9.73. The Kier molecular flexibility index (Phi) is 4.92. The van der Waals surface area contributed by atoms with E-state index in [9.17, 15) is 10.1 Å². The van der Waals surface area contributed by atoms with Crippen molar-refractivity contribution in [3.63, 3.8) is 0 Å². The Balaban J connectivity index is 1.30. The molecule has 1 unspecified atom stereocenters. The van der Waals surface area contributed by atoms with Crippen molar-refractivity contribution in [1.82, 2.24) is 4.90 Å². The molecule has 3 heterocycles. The first kappa shape index (κ1) is 17.1. The predicted octanol–water partition coefficient (Wildman–Crippen LogP) is 2.70. The third-order valence-electron chi connectivity index (χ3n) is 6.18. The molecular formula is C21H26N3O2+. The lowest BCUT2D eigenvalue weighted by atomic mass is 9.95. The van der Waals surface area contributed by atoms with Gasteiger partial charge in [-0.3, -0.25) is 4.79 Å². The van der Waals surface area contributed by atoms with Gasteiger partial charge in [0, 0.05) is 37.8 Å². The molecule has 0 radical (unpaired) electrons. The standard InChI is InChI=1S/C21H26N3O2/c22-15-24-18-6-7-19(24)13-20(12-18)23-10-8-17(9-11-23)21(25)26-14-16-4-2-1-3-5-16/h1-5,17-19H,6-14H2/q+1/t17?,18-,19?/m0/s1. The highest BCUT2D eigenvalue weighted by Gasteiger charge is 2.42. The summed E-state index contributed by atoms with van der Waals surface area (Å²) in [5, 5.41) is 9.30. The van der Waals surface area contributed by atoms with E-state index in [-0.39, 0.29) is 11.9 Å². The molecule has 0 N–H and O–H groups in total. The number of carbonyl (C=O) groups is 1. The van der Waals surface area contributed by atoms with Gasteiger partial charge in [0.15, 0.2) is 11.9 Å². The zero-order valence-corrected chi connectivity index (χ0v) is 15.1. The summed E-state index contributed by atoms with van der Waals surface area (Å²) >= 11 is 0. The number of benzene rings is 1. The maximum Gasteiger partial charge on any atom is 0.309 e. The summed E-state index contributed by atoms with van der Waals surface area (Å²) in [7, 11) is 0.